The van der Waals surface area contributed by atoms with Gasteiger partial charge in [-0.2, -0.15) is 0 Å². The van der Waals surface area contributed by atoms with Crippen molar-refractivity contribution < 1.29 is 8.78 Å². The lowest BCUT2D eigenvalue weighted by molar-refractivity contribution is 0.573. The van der Waals surface area contributed by atoms with Crippen LogP contribution in [0.15, 0.2) is 35.1 Å². The highest BCUT2D eigenvalue weighted by atomic mass is 79.9. The third kappa shape index (κ3) is 3.28. The molecule has 2 aromatic rings. The Bertz CT molecular complexity index is 818. The lowest BCUT2D eigenvalue weighted by Crippen LogP contribution is -2.25. The second-order valence-electron chi connectivity index (χ2n) is 4.99. The third-order valence-corrected chi connectivity index (χ3v) is 3.95. The molecule has 1 unspecified atom stereocenters. The largest absolute Gasteiger partial charge is 0.316 e. The van der Waals surface area contributed by atoms with Crippen molar-refractivity contribution in [3.63, 3.8) is 0 Å². The van der Waals surface area contributed by atoms with Gasteiger partial charge in [0.05, 0.1) is 0 Å². The maximum absolute atomic E-state index is 14.1. The van der Waals surface area contributed by atoms with E-state index >= 15 is 0 Å². The molecule has 2 rings (SSSR count). The van der Waals surface area contributed by atoms with Gasteiger partial charge in [-0.25, -0.2) is 8.78 Å². The van der Waals surface area contributed by atoms with E-state index in [9.17, 15) is 13.6 Å². The molecule has 2 nitrogen and oxygen atoms in total. The summed E-state index contributed by atoms with van der Waals surface area (Å²) in [5.41, 5.74) is 1.09. The van der Waals surface area contributed by atoms with E-state index in [4.69, 9.17) is 0 Å². The number of halogens is 3. The maximum Gasteiger partial charge on any atom is 0.254 e. The molecule has 0 fully saturated rings. The van der Waals surface area contributed by atoms with Gasteiger partial charge >= 0.3 is 0 Å². The van der Waals surface area contributed by atoms with Gasteiger partial charge in [-0.1, -0.05) is 12.0 Å². The molecule has 1 atom stereocenters. The summed E-state index contributed by atoms with van der Waals surface area (Å²) >= 11 is 2.99. The maximum atomic E-state index is 14.1. The van der Waals surface area contributed by atoms with Gasteiger partial charge in [0.15, 0.2) is 0 Å². The van der Waals surface area contributed by atoms with Crippen LogP contribution in [0.2, 0.25) is 0 Å². The normalized spacial score (nSPS) is 11.7. The van der Waals surface area contributed by atoms with Gasteiger partial charge in [0, 0.05) is 46.6 Å². The zero-order valence-corrected chi connectivity index (χ0v) is 13.7. The molecule has 0 amide bonds. The van der Waals surface area contributed by atoms with Crippen molar-refractivity contribution in [1.29, 1.82) is 0 Å². The van der Waals surface area contributed by atoms with Gasteiger partial charge in [0.25, 0.3) is 5.56 Å². The molecule has 0 bridgehead atoms. The smallest absolute Gasteiger partial charge is 0.254 e. The summed E-state index contributed by atoms with van der Waals surface area (Å²) in [6.07, 6.45) is 0.212. The average molecular weight is 366 g/mol. The van der Waals surface area contributed by atoms with E-state index < -0.39 is 17.6 Å². The standard InChI is InChI=1S/C17H14BrF2NO/c1-11-5-7-14(17(22)21(11)2)13(4-3-9-18)15-10-12(19)6-8-16(15)20/h5-8,10,13H,4H2,1-2H3. The van der Waals surface area contributed by atoms with Crippen molar-refractivity contribution in [1.82, 2.24) is 4.57 Å². The molecule has 1 heterocycles. The van der Waals surface area contributed by atoms with E-state index in [1.807, 2.05) is 0 Å². The topological polar surface area (TPSA) is 22.0 Å². The first-order valence-electron chi connectivity index (χ1n) is 6.65. The Morgan fingerprint density at radius 3 is 2.64 bits per heavy atom. The molecule has 0 aliphatic carbocycles. The fourth-order valence-electron chi connectivity index (χ4n) is 2.32. The summed E-state index contributed by atoms with van der Waals surface area (Å²) < 4.78 is 29.1. The van der Waals surface area contributed by atoms with E-state index in [1.165, 1.54) is 4.57 Å². The Morgan fingerprint density at radius 1 is 1.23 bits per heavy atom. The summed E-state index contributed by atoms with van der Waals surface area (Å²) in [4.78, 5) is 15.0. The van der Waals surface area contributed by atoms with Crippen LogP contribution in [0.25, 0.3) is 0 Å². The fraction of sp³-hybridized carbons (Fsp3) is 0.235. The summed E-state index contributed by atoms with van der Waals surface area (Å²) in [5, 5.41) is 0. The second-order valence-corrected chi connectivity index (χ2v) is 5.38. The van der Waals surface area contributed by atoms with Crippen molar-refractivity contribution >= 4 is 15.9 Å². The first-order valence-corrected chi connectivity index (χ1v) is 7.45. The average Bonchev–Trinajstić information content (AvgIpc) is 2.50. The SMILES string of the molecule is Cc1ccc(C(CC#CBr)c2cc(F)ccc2F)c(=O)n1C. The van der Waals surface area contributed by atoms with Gasteiger partial charge in [0.1, 0.15) is 11.6 Å². The van der Waals surface area contributed by atoms with Crippen molar-refractivity contribution in [3.05, 3.63) is 69.1 Å². The Balaban J connectivity index is 2.65. The molecule has 0 spiro atoms. The van der Waals surface area contributed by atoms with Crippen molar-refractivity contribution in [2.75, 3.05) is 0 Å². The number of pyridine rings is 1. The number of aromatic nitrogens is 1. The van der Waals surface area contributed by atoms with Crippen LogP contribution in [-0.2, 0) is 7.05 Å². The number of rotatable bonds is 3. The van der Waals surface area contributed by atoms with Crippen LogP contribution in [-0.4, -0.2) is 4.57 Å². The van der Waals surface area contributed by atoms with Crippen molar-refractivity contribution in [3.8, 4) is 10.8 Å². The third-order valence-electron chi connectivity index (χ3n) is 3.67. The zero-order valence-electron chi connectivity index (χ0n) is 12.2. The zero-order chi connectivity index (χ0) is 16.3. The highest BCUT2D eigenvalue weighted by molar-refractivity contribution is 9.12. The number of hydrogen-bond acceptors (Lipinski definition) is 1. The molecule has 5 heteroatoms. The van der Waals surface area contributed by atoms with Gasteiger partial charge < -0.3 is 4.57 Å². The fourth-order valence-corrected chi connectivity index (χ4v) is 2.48. The number of benzene rings is 1. The Hall–Kier alpha value is -1.93. The molecule has 1 aromatic carbocycles. The highest BCUT2D eigenvalue weighted by Crippen LogP contribution is 2.28. The molecular weight excluding hydrogens is 352 g/mol. The number of nitrogens with zero attached hydrogens (tertiary/aromatic N) is 1. The molecule has 0 aliphatic heterocycles. The summed E-state index contributed by atoms with van der Waals surface area (Å²) in [7, 11) is 1.65. The quantitative estimate of drug-likeness (QED) is 0.757. The minimum Gasteiger partial charge on any atom is -0.316 e. The van der Waals surface area contributed by atoms with Crippen molar-refractivity contribution in [2.45, 2.75) is 19.3 Å². The highest BCUT2D eigenvalue weighted by Gasteiger charge is 2.21. The van der Waals surface area contributed by atoms with E-state index in [2.05, 4.69) is 26.7 Å². The summed E-state index contributed by atoms with van der Waals surface area (Å²) in [6, 6.07) is 6.68. The molecule has 0 aliphatic rings. The first kappa shape index (κ1) is 16.4. The van der Waals surface area contributed by atoms with Crippen molar-refractivity contribution in [2.24, 2.45) is 7.05 Å². The van der Waals surface area contributed by atoms with Crippen LogP contribution in [0.4, 0.5) is 8.78 Å². The summed E-state index contributed by atoms with van der Waals surface area (Å²) in [6.45, 7) is 1.81. The van der Waals surface area contributed by atoms with Crippen LogP contribution < -0.4 is 5.56 Å². The second kappa shape index (κ2) is 6.89. The molecule has 0 N–H and O–H groups in total. The monoisotopic (exact) mass is 365 g/mol. The Morgan fingerprint density at radius 2 is 1.95 bits per heavy atom. The Labute approximate surface area is 135 Å². The minimum absolute atomic E-state index is 0.135. The lowest BCUT2D eigenvalue weighted by Gasteiger charge is -2.17. The van der Waals surface area contributed by atoms with Crippen LogP contribution in [0.3, 0.4) is 0 Å². The molecule has 0 saturated carbocycles. The van der Waals surface area contributed by atoms with E-state index in [1.54, 1.807) is 26.1 Å². The van der Waals surface area contributed by atoms with Crippen LogP contribution in [0.5, 0.6) is 0 Å². The van der Waals surface area contributed by atoms with Crippen LogP contribution in [0.1, 0.15) is 29.2 Å². The van der Waals surface area contributed by atoms with E-state index in [0.717, 1.165) is 23.9 Å². The predicted octanol–water partition coefficient (Wildman–Crippen LogP) is 3.85. The van der Waals surface area contributed by atoms with Gasteiger partial charge in [-0.15, -0.1) is 0 Å². The molecule has 1 aromatic heterocycles. The minimum atomic E-state index is -0.625. The summed E-state index contributed by atoms with van der Waals surface area (Å²) in [5.74, 6) is 1.06. The van der Waals surface area contributed by atoms with Gasteiger partial charge in [-0.05, 0) is 41.6 Å². The first-order chi connectivity index (χ1) is 10.5. The van der Waals surface area contributed by atoms with Gasteiger partial charge in [0.2, 0.25) is 0 Å². The molecule has 114 valence electrons. The van der Waals surface area contributed by atoms with Crippen LogP contribution >= 0.6 is 15.9 Å². The van der Waals surface area contributed by atoms with Gasteiger partial charge in [-0.3, -0.25) is 4.79 Å². The predicted molar refractivity (Wildman–Crippen MR) is 85.9 cm³/mol. The molecule has 0 saturated heterocycles. The number of hydrogen-bond donors (Lipinski definition) is 0. The lowest BCUT2D eigenvalue weighted by atomic mass is 9.89. The molecular formula is C17H14BrF2NO. The number of aryl methyl sites for hydroxylation is 1. The Kier molecular flexibility index (Phi) is 5.15. The molecule has 22 heavy (non-hydrogen) atoms. The molecule has 0 radical (unpaired) electrons. The van der Waals surface area contributed by atoms with Crippen LogP contribution in [0, 0.1) is 29.3 Å². The van der Waals surface area contributed by atoms with E-state index in [0.29, 0.717) is 5.56 Å². The van der Waals surface area contributed by atoms with E-state index in [-0.39, 0.29) is 17.5 Å².